The maximum absolute atomic E-state index is 12.1. The second kappa shape index (κ2) is 10.8. The number of fused-ring (bicyclic) bond motifs is 2. The Morgan fingerprint density at radius 2 is 2.05 bits per heavy atom. The van der Waals surface area contributed by atoms with Gasteiger partial charge < -0.3 is 19.9 Å². The Labute approximate surface area is 232 Å². The van der Waals surface area contributed by atoms with Crippen LogP contribution in [0, 0.1) is 0 Å². The van der Waals surface area contributed by atoms with Gasteiger partial charge in [-0.1, -0.05) is 23.7 Å². The number of rotatable bonds is 7. The quantitative estimate of drug-likeness (QED) is 0.383. The minimum Gasteiger partial charge on any atom is -0.465 e. The van der Waals surface area contributed by atoms with Crippen LogP contribution < -0.4 is 10.2 Å². The van der Waals surface area contributed by atoms with Crippen LogP contribution >= 0.6 is 22.9 Å². The Balaban J connectivity index is 1.30. The number of likely N-dealkylation sites (tertiary alicyclic amines) is 1. The summed E-state index contributed by atoms with van der Waals surface area (Å²) in [5, 5.41) is 5.07. The molecule has 1 fully saturated rings. The summed E-state index contributed by atoms with van der Waals surface area (Å²) in [6.07, 6.45) is 6.51. The van der Waals surface area contributed by atoms with Gasteiger partial charge in [-0.25, -0.2) is 9.78 Å². The fraction of sp³-hybridized carbons (Fsp3) is 0.345. The van der Waals surface area contributed by atoms with Gasteiger partial charge in [0.15, 0.2) is 5.13 Å². The first-order chi connectivity index (χ1) is 18.3. The zero-order valence-electron chi connectivity index (χ0n) is 21.8. The Morgan fingerprint density at radius 1 is 1.21 bits per heavy atom. The van der Waals surface area contributed by atoms with Gasteiger partial charge in [-0.2, -0.15) is 0 Å². The molecular formula is C29H31ClN4O3S. The number of allylic oxidation sites excluding steroid dienone is 1. The SMILES string of the molecule is CC=C(Nc1ncc(CCc2cccc(C(=O)OC)c2)s1)N1CC2(CCN(C(C)=O)C2)c2cc(Cl)ccc21. The van der Waals surface area contributed by atoms with Gasteiger partial charge in [-0.05, 0) is 73.7 Å². The van der Waals surface area contributed by atoms with Crippen LogP contribution in [0.1, 0.15) is 46.6 Å². The summed E-state index contributed by atoms with van der Waals surface area (Å²) in [5.41, 5.74) is 3.81. The number of ether oxygens (including phenoxy) is 1. The zero-order valence-corrected chi connectivity index (χ0v) is 23.4. The van der Waals surface area contributed by atoms with Crippen molar-refractivity contribution in [3.63, 3.8) is 0 Å². The lowest BCUT2D eigenvalue weighted by Crippen LogP contribution is -2.38. The van der Waals surface area contributed by atoms with E-state index in [9.17, 15) is 9.59 Å². The molecule has 1 spiro atoms. The van der Waals surface area contributed by atoms with Gasteiger partial charge >= 0.3 is 5.97 Å². The van der Waals surface area contributed by atoms with E-state index in [4.69, 9.17) is 16.3 Å². The van der Waals surface area contributed by atoms with Gasteiger partial charge in [0.25, 0.3) is 0 Å². The van der Waals surface area contributed by atoms with Crippen LogP contribution in [0.25, 0.3) is 0 Å². The van der Waals surface area contributed by atoms with E-state index in [1.54, 1.807) is 24.3 Å². The van der Waals surface area contributed by atoms with Crippen LogP contribution in [0.4, 0.5) is 10.8 Å². The van der Waals surface area contributed by atoms with E-state index >= 15 is 0 Å². The largest absolute Gasteiger partial charge is 0.465 e. The summed E-state index contributed by atoms with van der Waals surface area (Å²) in [6.45, 7) is 5.88. The van der Waals surface area contributed by atoms with Crippen LogP contribution in [0.5, 0.6) is 0 Å². The Kier molecular flexibility index (Phi) is 7.45. The number of esters is 1. The maximum atomic E-state index is 12.1. The number of nitrogens with one attached hydrogen (secondary N) is 1. The summed E-state index contributed by atoms with van der Waals surface area (Å²) < 4.78 is 4.83. The number of methoxy groups -OCH3 is 1. The summed E-state index contributed by atoms with van der Waals surface area (Å²) in [7, 11) is 1.39. The Hall–Kier alpha value is -3.36. The molecule has 1 saturated heterocycles. The highest BCUT2D eigenvalue weighted by Gasteiger charge is 2.48. The Bertz CT molecular complexity index is 1400. The number of aromatic nitrogens is 1. The van der Waals surface area contributed by atoms with Crippen molar-refractivity contribution in [2.75, 3.05) is 37.0 Å². The summed E-state index contributed by atoms with van der Waals surface area (Å²) >= 11 is 8.05. The van der Waals surface area contributed by atoms with Crippen LogP contribution in [0.3, 0.4) is 0 Å². The van der Waals surface area contributed by atoms with E-state index in [1.165, 1.54) is 12.7 Å². The number of halogens is 1. The van der Waals surface area contributed by atoms with E-state index < -0.39 is 0 Å². The van der Waals surface area contributed by atoms with Gasteiger partial charge in [0, 0.05) is 53.8 Å². The molecule has 0 radical (unpaired) electrons. The van der Waals surface area contributed by atoms with Gasteiger partial charge in [-0.15, -0.1) is 11.3 Å². The van der Waals surface area contributed by atoms with E-state index in [2.05, 4.69) is 33.4 Å². The second-order valence-corrected chi connectivity index (χ2v) is 11.4. The molecule has 38 heavy (non-hydrogen) atoms. The number of carbonyl (C=O) groups excluding carboxylic acids is 2. The number of amides is 1. The first kappa shape index (κ1) is 26.3. The highest BCUT2D eigenvalue weighted by molar-refractivity contribution is 7.15. The molecule has 0 bridgehead atoms. The van der Waals surface area contributed by atoms with Crippen LogP contribution in [0.2, 0.25) is 5.02 Å². The molecule has 1 amide bonds. The number of anilines is 2. The van der Waals surface area contributed by atoms with E-state index in [1.807, 2.05) is 42.3 Å². The van der Waals surface area contributed by atoms with Gasteiger partial charge in [0.1, 0.15) is 5.82 Å². The molecule has 5 rings (SSSR count). The lowest BCUT2D eigenvalue weighted by molar-refractivity contribution is -0.127. The zero-order chi connectivity index (χ0) is 26.9. The van der Waals surface area contributed by atoms with Crippen molar-refractivity contribution in [1.29, 1.82) is 0 Å². The molecule has 2 aromatic carbocycles. The standard InChI is InChI=1S/C29H31ClN4O3S/c1-4-26(32-28-31-16-23(38-28)10-8-20-6-5-7-21(14-20)27(36)37-3)34-18-29(12-13-33(17-29)19(2)35)24-15-22(30)9-11-25(24)34/h4-7,9,11,14-16H,8,10,12-13,17-18H2,1-3H3,(H,31,32). The lowest BCUT2D eigenvalue weighted by atomic mass is 9.81. The van der Waals surface area contributed by atoms with Crippen LogP contribution in [0.15, 0.2) is 60.6 Å². The average Bonchev–Trinajstić information content (AvgIpc) is 3.64. The number of hydrogen-bond donors (Lipinski definition) is 1. The summed E-state index contributed by atoms with van der Waals surface area (Å²) in [6, 6.07) is 13.6. The number of benzene rings is 2. The number of thiazole rings is 1. The van der Waals surface area contributed by atoms with Gasteiger partial charge in [0.2, 0.25) is 5.91 Å². The first-order valence-corrected chi connectivity index (χ1v) is 13.9. The Morgan fingerprint density at radius 3 is 2.79 bits per heavy atom. The molecule has 1 unspecified atom stereocenters. The minimum absolute atomic E-state index is 0.112. The second-order valence-electron chi connectivity index (χ2n) is 9.84. The number of nitrogens with zero attached hydrogens (tertiary/aromatic N) is 3. The predicted molar refractivity (Wildman–Crippen MR) is 152 cm³/mol. The van der Waals surface area contributed by atoms with Crippen LogP contribution in [-0.2, 0) is 27.8 Å². The molecule has 3 aromatic rings. The third kappa shape index (κ3) is 5.15. The topological polar surface area (TPSA) is 74.8 Å². The predicted octanol–water partition coefficient (Wildman–Crippen LogP) is 5.65. The molecule has 7 nitrogen and oxygen atoms in total. The maximum Gasteiger partial charge on any atom is 0.337 e. The van der Waals surface area contributed by atoms with Crippen molar-refractivity contribution in [1.82, 2.24) is 9.88 Å². The molecule has 1 atom stereocenters. The van der Waals surface area contributed by atoms with Crippen molar-refractivity contribution in [3.8, 4) is 0 Å². The molecule has 0 saturated carbocycles. The number of hydrogen-bond acceptors (Lipinski definition) is 7. The van der Waals surface area contributed by atoms with Crippen molar-refractivity contribution >= 4 is 45.6 Å². The monoisotopic (exact) mass is 550 g/mol. The first-order valence-electron chi connectivity index (χ1n) is 12.7. The van der Waals surface area contributed by atoms with Gasteiger partial charge in [-0.3, -0.25) is 4.79 Å². The number of aryl methyl sites for hydroxylation is 2. The highest BCUT2D eigenvalue weighted by atomic mass is 35.5. The molecule has 1 N–H and O–H groups in total. The summed E-state index contributed by atoms with van der Waals surface area (Å²) in [5.74, 6) is 0.744. The van der Waals surface area contributed by atoms with E-state index in [0.29, 0.717) is 17.1 Å². The summed E-state index contributed by atoms with van der Waals surface area (Å²) in [4.78, 5) is 34.0. The van der Waals surface area contributed by atoms with E-state index in [-0.39, 0.29) is 17.3 Å². The van der Waals surface area contributed by atoms with Crippen molar-refractivity contribution in [2.45, 2.75) is 38.5 Å². The fourth-order valence-electron chi connectivity index (χ4n) is 5.47. The highest BCUT2D eigenvalue weighted by Crippen LogP contribution is 2.48. The molecule has 3 heterocycles. The molecule has 2 aliphatic heterocycles. The molecule has 0 aliphatic carbocycles. The minimum atomic E-state index is -0.325. The molecular weight excluding hydrogens is 520 g/mol. The normalized spacial score (nSPS) is 18.7. The smallest absolute Gasteiger partial charge is 0.337 e. The third-order valence-corrected chi connectivity index (χ3v) is 8.65. The average molecular weight is 551 g/mol. The van der Waals surface area contributed by atoms with Crippen molar-refractivity contribution < 1.29 is 14.3 Å². The van der Waals surface area contributed by atoms with Crippen LogP contribution in [-0.4, -0.2) is 48.5 Å². The molecule has 1 aromatic heterocycles. The van der Waals surface area contributed by atoms with Crippen molar-refractivity contribution in [3.05, 3.63) is 87.1 Å². The van der Waals surface area contributed by atoms with E-state index in [0.717, 1.165) is 59.4 Å². The molecule has 198 valence electrons. The third-order valence-electron chi connectivity index (χ3n) is 7.44. The van der Waals surface area contributed by atoms with Crippen molar-refractivity contribution in [2.24, 2.45) is 0 Å². The number of carbonyl (C=O) groups is 2. The lowest BCUT2D eigenvalue weighted by Gasteiger charge is -2.27. The fourth-order valence-corrected chi connectivity index (χ4v) is 6.46. The van der Waals surface area contributed by atoms with Gasteiger partial charge in [0.05, 0.1) is 12.7 Å². The molecule has 9 heteroatoms. The molecule has 2 aliphatic rings.